The summed E-state index contributed by atoms with van der Waals surface area (Å²) in [6.07, 6.45) is 81.0. The minimum absolute atomic E-state index is 0.744. The molecule has 0 aliphatic carbocycles. The van der Waals surface area contributed by atoms with Gasteiger partial charge in [-0.1, -0.05) is 342 Å². The second kappa shape index (κ2) is 51.7. The maximum absolute atomic E-state index is 2.78. The third-order valence-electron chi connectivity index (χ3n) is 15.5. The van der Waals surface area contributed by atoms with E-state index in [2.05, 4.69) is 49.9 Å². The molecule has 0 N–H and O–H groups in total. The Morgan fingerprint density at radius 3 is 0.797 bits per heavy atom. The van der Waals surface area contributed by atoms with Gasteiger partial charge in [0.15, 0.2) is 0 Å². The molecule has 1 heterocycles. The van der Waals surface area contributed by atoms with Gasteiger partial charge in [0.05, 0.1) is 6.67 Å². The summed E-state index contributed by atoms with van der Waals surface area (Å²) in [6.45, 7) is 11.7. The lowest BCUT2D eigenvalue weighted by atomic mass is 9.86. The van der Waals surface area contributed by atoms with Gasteiger partial charge in [-0.15, -0.1) is 0 Å². The van der Waals surface area contributed by atoms with Gasteiger partial charge in [0, 0.05) is 25.0 Å². The van der Waals surface area contributed by atoms with Crippen molar-refractivity contribution in [2.45, 2.75) is 368 Å². The largest absolute Gasteiger partial charge is 0.359 e. The van der Waals surface area contributed by atoms with E-state index in [1.54, 1.807) is 0 Å². The molecule has 2 atom stereocenters. The topological polar surface area (TPSA) is 6.48 Å². The average molecular weight is 898 g/mol. The summed E-state index contributed by atoms with van der Waals surface area (Å²) in [5.74, 6) is 0.926. The first-order valence-electron chi connectivity index (χ1n) is 30.9. The van der Waals surface area contributed by atoms with Crippen molar-refractivity contribution in [1.82, 2.24) is 9.80 Å². The summed E-state index contributed by atoms with van der Waals surface area (Å²) >= 11 is 0. The molecule has 382 valence electrons. The van der Waals surface area contributed by atoms with Gasteiger partial charge >= 0.3 is 0 Å². The van der Waals surface area contributed by atoms with Crippen LogP contribution in [0.25, 0.3) is 0 Å². The maximum Gasteiger partial charge on any atom is 0.0896 e. The molecule has 0 radical (unpaired) electrons. The molecule has 0 fully saturated rings. The van der Waals surface area contributed by atoms with Crippen molar-refractivity contribution in [3.63, 3.8) is 0 Å². The van der Waals surface area contributed by atoms with Crippen LogP contribution in [0, 0.1) is 5.92 Å². The van der Waals surface area contributed by atoms with E-state index in [1.165, 1.54) is 340 Å². The van der Waals surface area contributed by atoms with Crippen molar-refractivity contribution in [2.75, 3.05) is 13.2 Å². The predicted octanol–water partition coefficient (Wildman–Crippen LogP) is 22.4. The SMILES string of the molecule is CCCCCCCCCCCCCCCCCCCCCCC(CCCCCCCCC)CC(CCCCCCCCCCCCCCCCCCCCCC)N1C=CN(CCC)C1. The zero-order valence-corrected chi connectivity index (χ0v) is 45.4. The van der Waals surface area contributed by atoms with Crippen LogP contribution in [0.15, 0.2) is 12.4 Å². The minimum Gasteiger partial charge on any atom is -0.359 e. The quantitative estimate of drug-likeness (QED) is 0.0561. The number of rotatable bonds is 55. The van der Waals surface area contributed by atoms with Crippen molar-refractivity contribution >= 4 is 0 Å². The fraction of sp³-hybridized carbons (Fsp3) is 0.968. The smallest absolute Gasteiger partial charge is 0.0896 e. The lowest BCUT2D eigenvalue weighted by molar-refractivity contribution is 0.168. The Labute approximate surface area is 407 Å². The Kier molecular flexibility index (Phi) is 49.6. The summed E-state index contributed by atoms with van der Waals surface area (Å²) in [4.78, 5) is 5.36. The highest BCUT2D eigenvalue weighted by Gasteiger charge is 2.24. The van der Waals surface area contributed by atoms with Crippen LogP contribution in [-0.4, -0.2) is 29.1 Å². The highest BCUT2D eigenvalue weighted by molar-refractivity contribution is 4.94. The van der Waals surface area contributed by atoms with E-state index in [1.807, 2.05) is 0 Å². The Morgan fingerprint density at radius 1 is 0.281 bits per heavy atom. The highest BCUT2D eigenvalue weighted by atomic mass is 15.3. The van der Waals surface area contributed by atoms with Crippen LogP contribution >= 0.6 is 0 Å². The molecule has 1 aliphatic rings. The molecule has 0 aromatic carbocycles. The standard InChI is InChI=1S/C62H124N2/c1-5-9-12-15-18-20-22-24-26-28-30-32-34-36-38-40-42-45-48-51-54-61(53-50-47-44-17-14-11-7-3)59-62(64-58-57-63(60-64)56-8-4)55-52-49-46-43-41-39-37-35-33-31-29-27-25-23-21-19-16-13-10-6-2/h57-58,61-62H,5-56,59-60H2,1-4H3. The molecule has 0 saturated carbocycles. The Bertz CT molecular complexity index is 882. The average Bonchev–Trinajstić information content (AvgIpc) is 3.78. The first kappa shape index (κ1) is 61.4. The fourth-order valence-corrected chi connectivity index (χ4v) is 11.1. The first-order valence-corrected chi connectivity index (χ1v) is 30.9. The van der Waals surface area contributed by atoms with Gasteiger partial charge in [-0.2, -0.15) is 0 Å². The van der Waals surface area contributed by atoms with Gasteiger partial charge in [-0.3, -0.25) is 0 Å². The summed E-state index contributed by atoms with van der Waals surface area (Å²) in [5.41, 5.74) is 0. The third kappa shape index (κ3) is 42.7. The summed E-state index contributed by atoms with van der Waals surface area (Å²) < 4.78 is 0. The van der Waals surface area contributed by atoms with Gasteiger partial charge in [-0.05, 0) is 25.2 Å². The molecule has 0 aromatic heterocycles. The Hall–Kier alpha value is -0.660. The Balaban J connectivity index is 2.30. The van der Waals surface area contributed by atoms with Crippen molar-refractivity contribution in [1.29, 1.82) is 0 Å². The summed E-state index contributed by atoms with van der Waals surface area (Å²) in [5, 5.41) is 0. The second-order valence-electron chi connectivity index (χ2n) is 21.9. The van der Waals surface area contributed by atoms with E-state index in [0.29, 0.717) is 0 Å². The first-order chi connectivity index (χ1) is 31.7. The van der Waals surface area contributed by atoms with Crippen LogP contribution < -0.4 is 0 Å². The van der Waals surface area contributed by atoms with Crippen LogP contribution in [0.4, 0.5) is 0 Å². The molecule has 0 saturated heterocycles. The molecule has 0 bridgehead atoms. The monoisotopic (exact) mass is 897 g/mol. The van der Waals surface area contributed by atoms with Gasteiger partial charge < -0.3 is 9.80 Å². The lowest BCUT2D eigenvalue weighted by Crippen LogP contribution is -2.35. The summed E-state index contributed by atoms with van der Waals surface area (Å²) in [7, 11) is 0. The van der Waals surface area contributed by atoms with E-state index in [4.69, 9.17) is 0 Å². The highest BCUT2D eigenvalue weighted by Crippen LogP contribution is 2.29. The van der Waals surface area contributed by atoms with E-state index in [9.17, 15) is 0 Å². The van der Waals surface area contributed by atoms with E-state index < -0.39 is 0 Å². The lowest BCUT2D eigenvalue weighted by Gasteiger charge is -2.33. The molecule has 0 aromatic rings. The van der Waals surface area contributed by atoms with E-state index in [0.717, 1.165) is 18.6 Å². The molecule has 1 aliphatic heterocycles. The molecule has 2 heteroatoms. The van der Waals surface area contributed by atoms with Crippen LogP contribution in [0.1, 0.15) is 362 Å². The van der Waals surface area contributed by atoms with Crippen molar-refractivity contribution in [3.05, 3.63) is 12.4 Å². The predicted molar refractivity (Wildman–Crippen MR) is 293 cm³/mol. The number of hydrogen-bond donors (Lipinski definition) is 0. The van der Waals surface area contributed by atoms with Crippen molar-refractivity contribution in [2.24, 2.45) is 5.92 Å². The number of hydrogen-bond acceptors (Lipinski definition) is 2. The zero-order valence-electron chi connectivity index (χ0n) is 45.4. The fourth-order valence-electron chi connectivity index (χ4n) is 11.1. The minimum atomic E-state index is 0.744. The van der Waals surface area contributed by atoms with Gasteiger partial charge in [-0.25, -0.2) is 0 Å². The third-order valence-corrected chi connectivity index (χ3v) is 15.5. The second-order valence-corrected chi connectivity index (χ2v) is 21.9. The molecule has 0 amide bonds. The molecule has 1 rings (SSSR count). The van der Waals surface area contributed by atoms with Gasteiger partial charge in [0.25, 0.3) is 0 Å². The summed E-state index contributed by atoms with van der Waals surface area (Å²) in [6, 6.07) is 0.744. The van der Waals surface area contributed by atoms with Crippen molar-refractivity contribution in [3.8, 4) is 0 Å². The molecular formula is C62H124N2. The number of unbranched alkanes of at least 4 members (excludes halogenated alkanes) is 44. The molecule has 0 spiro atoms. The zero-order chi connectivity index (χ0) is 45.9. The number of nitrogens with zero attached hydrogens (tertiary/aromatic N) is 2. The van der Waals surface area contributed by atoms with Crippen LogP contribution in [0.3, 0.4) is 0 Å². The van der Waals surface area contributed by atoms with Crippen molar-refractivity contribution < 1.29 is 0 Å². The van der Waals surface area contributed by atoms with E-state index >= 15 is 0 Å². The van der Waals surface area contributed by atoms with Crippen LogP contribution in [-0.2, 0) is 0 Å². The van der Waals surface area contributed by atoms with Gasteiger partial charge in [0.1, 0.15) is 0 Å². The molecule has 2 unspecified atom stereocenters. The Morgan fingerprint density at radius 2 is 0.531 bits per heavy atom. The van der Waals surface area contributed by atoms with Gasteiger partial charge in [0.2, 0.25) is 0 Å². The molecule has 64 heavy (non-hydrogen) atoms. The van der Waals surface area contributed by atoms with E-state index in [-0.39, 0.29) is 0 Å². The van der Waals surface area contributed by atoms with Crippen LogP contribution in [0.2, 0.25) is 0 Å². The maximum atomic E-state index is 2.78. The molecule has 2 nitrogen and oxygen atoms in total. The normalized spacial score (nSPS) is 13.8. The molecular weight excluding hydrogens is 773 g/mol. The van der Waals surface area contributed by atoms with Crippen LogP contribution in [0.5, 0.6) is 0 Å².